The van der Waals surface area contributed by atoms with Gasteiger partial charge < -0.3 is 14.9 Å². The number of likely N-dealkylation sites (tertiary alicyclic amines) is 2. The zero-order chi connectivity index (χ0) is 18.2. The van der Waals surface area contributed by atoms with Crippen LogP contribution in [-0.2, 0) is 4.79 Å². The lowest BCUT2D eigenvalue weighted by molar-refractivity contribution is -0.134. The number of aliphatic hydroxyl groups is 1. The summed E-state index contributed by atoms with van der Waals surface area (Å²) in [6, 6.07) is 0. The monoisotopic (exact) mass is 346 g/mol. The number of nitrogens with zero attached hydrogens (tertiary/aromatic N) is 4. The van der Waals surface area contributed by atoms with Crippen LogP contribution in [0.5, 0.6) is 0 Å². The van der Waals surface area contributed by atoms with Crippen LogP contribution in [0.3, 0.4) is 0 Å². The van der Waals surface area contributed by atoms with Gasteiger partial charge in [0.15, 0.2) is 0 Å². The molecule has 0 saturated carbocycles. The molecule has 1 spiro atoms. The SMILES string of the molecule is CC(=O)N1CC2(CCN(C(=O)c3cncnc3C)CC2)C[C@@]1(C)CO. The molecule has 0 bridgehead atoms. The molecule has 2 saturated heterocycles. The largest absolute Gasteiger partial charge is 0.394 e. The summed E-state index contributed by atoms with van der Waals surface area (Å²) in [5.41, 5.74) is 0.733. The third kappa shape index (κ3) is 3.13. The van der Waals surface area contributed by atoms with Crippen LogP contribution in [0.4, 0.5) is 0 Å². The molecule has 0 aliphatic carbocycles. The van der Waals surface area contributed by atoms with E-state index in [0.717, 1.165) is 19.3 Å². The Morgan fingerprint density at radius 2 is 2.00 bits per heavy atom. The second kappa shape index (κ2) is 6.37. The molecule has 1 aromatic rings. The maximum absolute atomic E-state index is 12.7. The molecule has 0 radical (unpaired) electrons. The first-order chi connectivity index (χ1) is 11.8. The molecule has 0 unspecified atom stereocenters. The van der Waals surface area contributed by atoms with Crippen LogP contribution in [0.25, 0.3) is 0 Å². The first-order valence-electron chi connectivity index (χ1n) is 8.75. The van der Waals surface area contributed by atoms with Gasteiger partial charge in [0.2, 0.25) is 5.91 Å². The lowest BCUT2D eigenvalue weighted by Gasteiger charge is -2.39. The van der Waals surface area contributed by atoms with Crippen LogP contribution in [-0.4, -0.2) is 68.5 Å². The predicted octanol–water partition coefficient (Wildman–Crippen LogP) is 1.01. The summed E-state index contributed by atoms with van der Waals surface area (Å²) in [5, 5.41) is 9.81. The summed E-state index contributed by atoms with van der Waals surface area (Å²) in [7, 11) is 0. The lowest BCUT2D eigenvalue weighted by atomic mass is 9.74. The van der Waals surface area contributed by atoms with Crippen LogP contribution in [0.1, 0.15) is 49.2 Å². The average molecular weight is 346 g/mol. The molecule has 2 aliphatic heterocycles. The summed E-state index contributed by atoms with van der Waals surface area (Å²) in [6.07, 6.45) is 5.48. The van der Waals surface area contributed by atoms with Crippen LogP contribution in [0.2, 0.25) is 0 Å². The van der Waals surface area contributed by atoms with Crippen molar-refractivity contribution in [3.63, 3.8) is 0 Å². The van der Waals surface area contributed by atoms with Gasteiger partial charge in [-0.05, 0) is 38.5 Å². The lowest BCUT2D eigenvalue weighted by Crippen LogP contribution is -2.46. The van der Waals surface area contributed by atoms with Gasteiger partial charge in [0.1, 0.15) is 6.33 Å². The molecular weight excluding hydrogens is 320 g/mol. The molecule has 25 heavy (non-hydrogen) atoms. The fourth-order valence-corrected chi connectivity index (χ4v) is 4.41. The maximum Gasteiger partial charge on any atom is 0.257 e. The van der Waals surface area contributed by atoms with Gasteiger partial charge in [-0.1, -0.05) is 0 Å². The highest BCUT2D eigenvalue weighted by molar-refractivity contribution is 5.94. The number of carbonyl (C=O) groups excluding carboxylic acids is 2. The summed E-state index contributed by atoms with van der Waals surface area (Å²) in [5.74, 6) is -0.0247. The van der Waals surface area contributed by atoms with E-state index >= 15 is 0 Å². The van der Waals surface area contributed by atoms with Gasteiger partial charge in [-0.25, -0.2) is 9.97 Å². The molecule has 136 valence electrons. The van der Waals surface area contributed by atoms with E-state index in [0.29, 0.717) is 30.9 Å². The highest BCUT2D eigenvalue weighted by Gasteiger charge is 2.52. The van der Waals surface area contributed by atoms with Crippen LogP contribution in [0, 0.1) is 12.3 Å². The van der Waals surface area contributed by atoms with Crippen molar-refractivity contribution >= 4 is 11.8 Å². The second-order valence-electron chi connectivity index (χ2n) is 7.75. The standard InChI is InChI=1S/C18H26N4O3/c1-13-15(8-19-12-20-13)16(25)21-6-4-18(5-7-21)9-17(3,11-23)22(10-18)14(2)24/h8,12,23H,4-7,9-11H2,1-3H3/t17-/m0/s1. The maximum atomic E-state index is 12.7. The molecule has 0 aromatic carbocycles. The van der Waals surface area contributed by atoms with Gasteiger partial charge >= 0.3 is 0 Å². The Balaban J connectivity index is 1.71. The molecule has 7 heteroatoms. The number of rotatable bonds is 2. The number of carbonyl (C=O) groups is 2. The van der Waals surface area contributed by atoms with Crippen molar-refractivity contribution in [3.05, 3.63) is 23.8 Å². The molecule has 1 aromatic heterocycles. The van der Waals surface area contributed by atoms with Crippen molar-refractivity contribution in [1.82, 2.24) is 19.8 Å². The molecule has 3 heterocycles. The highest BCUT2D eigenvalue weighted by Crippen LogP contribution is 2.48. The fourth-order valence-electron chi connectivity index (χ4n) is 4.41. The first kappa shape index (κ1) is 17.8. The zero-order valence-electron chi connectivity index (χ0n) is 15.2. The molecule has 3 rings (SSSR count). The van der Waals surface area contributed by atoms with Crippen molar-refractivity contribution < 1.29 is 14.7 Å². The molecule has 2 aliphatic rings. The van der Waals surface area contributed by atoms with Gasteiger partial charge in [-0.15, -0.1) is 0 Å². The molecule has 1 atom stereocenters. The smallest absolute Gasteiger partial charge is 0.257 e. The third-order valence-corrected chi connectivity index (χ3v) is 5.87. The quantitative estimate of drug-likeness (QED) is 0.864. The summed E-state index contributed by atoms with van der Waals surface area (Å²) < 4.78 is 0. The minimum atomic E-state index is -0.498. The molecular formula is C18H26N4O3. The molecule has 2 amide bonds. The Hall–Kier alpha value is -2.02. The van der Waals surface area contributed by atoms with E-state index < -0.39 is 5.54 Å². The van der Waals surface area contributed by atoms with E-state index in [1.807, 2.05) is 18.7 Å². The van der Waals surface area contributed by atoms with Gasteiger partial charge in [0, 0.05) is 32.8 Å². The predicted molar refractivity (Wildman–Crippen MR) is 91.8 cm³/mol. The third-order valence-electron chi connectivity index (χ3n) is 5.87. The van der Waals surface area contributed by atoms with Gasteiger partial charge in [0.05, 0.1) is 23.4 Å². The first-order valence-corrected chi connectivity index (χ1v) is 8.75. The topological polar surface area (TPSA) is 86.6 Å². The van der Waals surface area contributed by atoms with Crippen molar-refractivity contribution in [2.45, 2.75) is 45.6 Å². The Labute approximate surface area is 148 Å². The van der Waals surface area contributed by atoms with Crippen molar-refractivity contribution in [2.75, 3.05) is 26.2 Å². The Morgan fingerprint density at radius 1 is 1.32 bits per heavy atom. The summed E-state index contributed by atoms with van der Waals surface area (Å²) >= 11 is 0. The van der Waals surface area contributed by atoms with E-state index in [-0.39, 0.29) is 23.8 Å². The number of aryl methyl sites for hydroxylation is 1. The molecule has 7 nitrogen and oxygen atoms in total. The number of hydrogen-bond acceptors (Lipinski definition) is 5. The normalized spacial score (nSPS) is 25.4. The number of piperidine rings is 1. The van der Waals surface area contributed by atoms with Gasteiger partial charge in [-0.2, -0.15) is 0 Å². The summed E-state index contributed by atoms with van der Waals surface area (Å²) in [4.78, 5) is 36.4. The number of hydrogen-bond donors (Lipinski definition) is 1. The minimum Gasteiger partial charge on any atom is -0.394 e. The summed E-state index contributed by atoms with van der Waals surface area (Å²) in [6.45, 7) is 7.26. The Bertz CT molecular complexity index is 685. The van der Waals surface area contributed by atoms with E-state index in [9.17, 15) is 14.7 Å². The van der Waals surface area contributed by atoms with E-state index in [4.69, 9.17) is 0 Å². The highest BCUT2D eigenvalue weighted by atomic mass is 16.3. The number of aromatic nitrogens is 2. The van der Waals surface area contributed by atoms with E-state index in [1.54, 1.807) is 18.0 Å². The second-order valence-corrected chi connectivity index (χ2v) is 7.75. The Morgan fingerprint density at radius 3 is 2.52 bits per heavy atom. The molecule has 2 fully saturated rings. The Kier molecular flexibility index (Phi) is 4.53. The number of amides is 2. The number of aliphatic hydroxyl groups excluding tert-OH is 1. The van der Waals surface area contributed by atoms with Gasteiger partial charge in [-0.3, -0.25) is 9.59 Å². The average Bonchev–Trinajstić information content (AvgIpc) is 2.89. The van der Waals surface area contributed by atoms with Crippen molar-refractivity contribution in [3.8, 4) is 0 Å². The fraction of sp³-hybridized carbons (Fsp3) is 0.667. The van der Waals surface area contributed by atoms with Gasteiger partial charge in [0.25, 0.3) is 5.91 Å². The van der Waals surface area contributed by atoms with Crippen molar-refractivity contribution in [2.24, 2.45) is 5.41 Å². The van der Waals surface area contributed by atoms with Crippen LogP contribution in [0.15, 0.2) is 12.5 Å². The van der Waals surface area contributed by atoms with Crippen molar-refractivity contribution in [1.29, 1.82) is 0 Å². The van der Waals surface area contributed by atoms with Crippen LogP contribution < -0.4 is 0 Å². The van der Waals surface area contributed by atoms with E-state index in [2.05, 4.69) is 9.97 Å². The van der Waals surface area contributed by atoms with Crippen LogP contribution >= 0.6 is 0 Å². The zero-order valence-corrected chi connectivity index (χ0v) is 15.2. The minimum absolute atomic E-state index is 0.00369. The van der Waals surface area contributed by atoms with E-state index in [1.165, 1.54) is 6.33 Å². The molecule has 1 N–H and O–H groups in total.